The number of hydrogen-bond acceptors (Lipinski definition) is 3. The molecule has 0 saturated heterocycles. The highest BCUT2D eigenvalue weighted by molar-refractivity contribution is 5.89. The first-order valence-electron chi connectivity index (χ1n) is 7.76. The second kappa shape index (κ2) is 6.28. The van der Waals surface area contributed by atoms with Gasteiger partial charge in [0, 0.05) is 35.9 Å². The van der Waals surface area contributed by atoms with E-state index in [9.17, 15) is 4.79 Å². The van der Waals surface area contributed by atoms with Crippen LogP contribution in [-0.4, -0.2) is 21.5 Å². The van der Waals surface area contributed by atoms with Gasteiger partial charge in [-0.2, -0.15) is 0 Å². The third-order valence-electron chi connectivity index (χ3n) is 4.14. The van der Waals surface area contributed by atoms with Gasteiger partial charge in [-0.1, -0.05) is 12.1 Å². The average molecular weight is 311 g/mol. The summed E-state index contributed by atoms with van der Waals surface area (Å²) in [7, 11) is 0. The van der Waals surface area contributed by atoms with E-state index in [0.717, 1.165) is 22.1 Å². The van der Waals surface area contributed by atoms with Crippen molar-refractivity contribution in [1.82, 2.24) is 14.9 Å². The first-order valence-corrected chi connectivity index (χ1v) is 7.76. The molecule has 0 aliphatic carbocycles. The topological polar surface area (TPSA) is 60.1 Å². The molecule has 0 spiro atoms. The van der Waals surface area contributed by atoms with E-state index in [1.165, 1.54) is 5.56 Å². The molecule has 23 heavy (non-hydrogen) atoms. The van der Waals surface area contributed by atoms with E-state index in [1.807, 2.05) is 30.7 Å². The number of fused-ring (bicyclic) bond motifs is 1. The SMILES string of the molecule is Cc1ccc2c(CC(=O)N[C@@H](C)Cn3ccnc3)coc2c1C. The van der Waals surface area contributed by atoms with Gasteiger partial charge in [0.1, 0.15) is 5.58 Å². The van der Waals surface area contributed by atoms with Crippen molar-refractivity contribution in [2.45, 2.75) is 39.8 Å². The van der Waals surface area contributed by atoms with Crippen molar-refractivity contribution in [3.8, 4) is 0 Å². The fourth-order valence-corrected chi connectivity index (χ4v) is 2.78. The maximum absolute atomic E-state index is 12.3. The van der Waals surface area contributed by atoms with E-state index in [0.29, 0.717) is 13.0 Å². The minimum atomic E-state index is -0.00135. The van der Waals surface area contributed by atoms with Crippen LogP contribution in [0.1, 0.15) is 23.6 Å². The van der Waals surface area contributed by atoms with E-state index in [2.05, 4.69) is 23.3 Å². The highest BCUT2D eigenvalue weighted by Crippen LogP contribution is 2.26. The summed E-state index contributed by atoms with van der Waals surface area (Å²) in [4.78, 5) is 16.3. The van der Waals surface area contributed by atoms with Gasteiger partial charge in [-0.25, -0.2) is 4.98 Å². The van der Waals surface area contributed by atoms with Crippen LogP contribution < -0.4 is 5.32 Å². The molecule has 2 aromatic heterocycles. The van der Waals surface area contributed by atoms with Crippen molar-refractivity contribution in [3.05, 3.63) is 53.8 Å². The Labute approximate surface area is 135 Å². The summed E-state index contributed by atoms with van der Waals surface area (Å²) in [6.45, 7) is 6.79. The number of nitrogens with zero attached hydrogens (tertiary/aromatic N) is 2. The Morgan fingerprint density at radius 1 is 1.39 bits per heavy atom. The second-order valence-corrected chi connectivity index (χ2v) is 6.05. The summed E-state index contributed by atoms with van der Waals surface area (Å²) in [6, 6.07) is 4.13. The van der Waals surface area contributed by atoms with E-state index >= 15 is 0 Å². The van der Waals surface area contributed by atoms with Crippen LogP contribution in [0.25, 0.3) is 11.0 Å². The van der Waals surface area contributed by atoms with Gasteiger partial charge in [0.15, 0.2) is 0 Å². The maximum atomic E-state index is 12.3. The van der Waals surface area contributed by atoms with Gasteiger partial charge < -0.3 is 14.3 Å². The average Bonchev–Trinajstić information content (AvgIpc) is 3.13. The van der Waals surface area contributed by atoms with E-state index in [-0.39, 0.29) is 11.9 Å². The lowest BCUT2D eigenvalue weighted by molar-refractivity contribution is -0.121. The zero-order valence-electron chi connectivity index (χ0n) is 13.7. The summed E-state index contributed by atoms with van der Waals surface area (Å²) in [5.74, 6) is -0.00135. The van der Waals surface area contributed by atoms with Crippen molar-refractivity contribution < 1.29 is 9.21 Å². The zero-order chi connectivity index (χ0) is 16.4. The number of aryl methyl sites for hydroxylation is 2. The number of aromatic nitrogens is 2. The Kier molecular flexibility index (Phi) is 4.19. The molecule has 1 amide bonds. The number of nitrogens with one attached hydrogen (secondary N) is 1. The van der Waals surface area contributed by atoms with E-state index < -0.39 is 0 Å². The van der Waals surface area contributed by atoms with Crippen LogP contribution in [0.15, 0.2) is 41.5 Å². The molecular weight excluding hydrogens is 290 g/mol. The van der Waals surface area contributed by atoms with Gasteiger partial charge >= 0.3 is 0 Å². The molecule has 5 nitrogen and oxygen atoms in total. The van der Waals surface area contributed by atoms with Crippen molar-refractivity contribution in [1.29, 1.82) is 0 Å². The van der Waals surface area contributed by atoms with Crippen LogP contribution in [0.2, 0.25) is 0 Å². The highest BCUT2D eigenvalue weighted by Gasteiger charge is 2.14. The Balaban J connectivity index is 1.67. The normalized spacial score (nSPS) is 12.5. The monoisotopic (exact) mass is 311 g/mol. The van der Waals surface area contributed by atoms with Crippen LogP contribution in [0.5, 0.6) is 0 Å². The standard InChI is InChI=1S/C18H21N3O2/c1-12-4-5-16-15(10-23-18(16)14(12)3)8-17(22)20-13(2)9-21-7-6-19-11-21/h4-7,10-11,13H,8-9H2,1-3H3,(H,20,22)/t13-/m0/s1. The molecule has 0 unspecified atom stereocenters. The number of furan rings is 1. The van der Waals surface area contributed by atoms with Crippen LogP contribution in [0.3, 0.4) is 0 Å². The quantitative estimate of drug-likeness (QED) is 0.788. The first kappa shape index (κ1) is 15.3. The summed E-state index contributed by atoms with van der Waals surface area (Å²) >= 11 is 0. The van der Waals surface area contributed by atoms with Gasteiger partial charge in [-0.3, -0.25) is 4.79 Å². The number of amides is 1. The second-order valence-electron chi connectivity index (χ2n) is 6.05. The molecule has 0 radical (unpaired) electrons. The van der Waals surface area contributed by atoms with Gasteiger partial charge in [-0.15, -0.1) is 0 Å². The third kappa shape index (κ3) is 3.28. The van der Waals surface area contributed by atoms with Gasteiger partial charge in [0.2, 0.25) is 5.91 Å². The lowest BCUT2D eigenvalue weighted by Crippen LogP contribution is -2.36. The number of carbonyl (C=O) groups excluding carboxylic acids is 1. The molecule has 0 saturated carbocycles. The van der Waals surface area contributed by atoms with E-state index in [1.54, 1.807) is 18.8 Å². The summed E-state index contributed by atoms with van der Waals surface area (Å²) in [6.07, 6.45) is 7.38. The largest absolute Gasteiger partial charge is 0.464 e. The Morgan fingerprint density at radius 3 is 2.96 bits per heavy atom. The van der Waals surface area contributed by atoms with Crippen molar-refractivity contribution in [2.24, 2.45) is 0 Å². The van der Waals surface area contributed by atoms with Crippen LogP contribution in [0, 0.1) is 13.8 Å². The molecule has 3 aromatic rings. The molecule has 2 heterocycles. The predicted octanol–water partition coefficient (Wildman–Crippen LogP) is 2.99. The lowest BCUT2D eigenvalue weighted by atomic mass is 10.0. The molecule has 0 aliphatic rings. The fourth-order valence-electron chi connectivity index (χ4n) is 2.78. The first-order chi connectivity index (χ1) is 11.0. The van der Waals surface area contributed by atoms with Crippen molar-refractivity contribution in [3.63, 3.8) is 0 Å². The lowest BCUT2D eigenvalue weighted by Gasteiger charge is -2.14. The molecule has 120 valence electrons. The highest BCUT2D eigenvalue weighted by atomic mass is 16.3. The number of hydrogen-bond donors (Lipinski definition) is 1. The van der Waals surface area contributed by atoms with Crippen LogP contribution >= 0.6 is 0 Å². The Morgan fingerprint density at radius 2 is 2.22 bits per heavy atom. The smallest absolute Gasteiger partial charge is 0.224 e. The summed E-state index contributed by atoms with van der Waals surface area (Å²) in [5.41, 5.74) is 4.12. The molecule has 0 aliphatic heterocycles. The van der Waals surface area contributed by atoms with Gasteiger partial charge in [0.05, 0.1) is 19.0 Å². The maximum Gasteiger partial charge on any atom is 0.224 e. The number of carbonyl (C=O) groups is 1. The Bertz CT molecular complexity index is 818. The van der Waals surface area contributed by atoms with Crippen LogP contribution in [0.4, 0.5) is 0 Å². The van der Waals surface area contributed by atoms with Crippen molar-refractivity contribution >= 4 is 16.9 Å². The minimum Gasteiger partial charge on any atom is -0.464 e. The molecule has 0 bridgehead atoms. The fraction of sp³-hybridized carbons (Fsp3) is 0.333. The van der Waals surface area contributed by atoms with Crippen LogP contribution in [-0.2, 0) is 17.8 Å². The Hall–Kier alpha value is -2.56. The number of benzene rings is 1. The summed E-state index contributed by atoms with van der Waals surface area (Å²) < 4.78 is 7.61. The molecule has 3 rings (SSSR count). The number of imidazole rings is 1. The predicted molar refractivity (Wildman–Crippen MR) is 89.2 cm³/mol. The zero-order valence-corrected chi connectivity index (χ0v) is 13.7. The molecule has 5 heteroatoms. The minimum absolute atomic E-state index is 0.00135. The molecule has 0 fully saturated rings. The molecule has 1 atom stereocenters. The van der Waals surface area contributed by atoms with Gasteiger partial charge in [-0.05, 0) is 31.9 Å². The van der Waals surface area contributed by atoms with Crippen molar-refractivity contribution in [2.75, 3.05) is 0 Å². The molecular formula is C18H21N3O2. The number of rotatable bonds is 5. The van der Waals surface area contributed by atoms with Gasteiger partial charge in [0.25, 0.3) is 0 Å². The molecule has 1 aromatic carbocycles. The summed E-state index contributed by atoms with van der Waals surface area (Å²) in [5, 5.41) is 4.04. The van der Waals surface area contributed by atoms with E-state index in [4.69, 9.17) is 4.42 Å². The molecule has 1 N–H and O–H groups in total. The third-order valence-corrected chi connectivity index (χ3v) is 4.14.